The summed E-state index contributed by atoms with van der Waals surface area (Å²) in [7, 11) is 0. The molecule has 3 rings (SSSR count). The second-order valence-electron chi connectivity index (χ2n) is 4.35. The van der Waals surface area contributed by atoms with Crippen molar-refractivity contribution in [3.63, 3.8) is 0 Å². The normalized spacial score (nSPS) is 25.1. The lowest BCUT2D eigenvalue weighted by Crippen LogP contribution is -2.37. The summed E-state index contributed by atoms with van der Waals surface area (Å²) in [5, 5.41) is 18.2. The minimum Gasteiger partial charge on any atom is -0.362 e. The van der Waals surface area contributed by atoms with Crippen LogP contribution >= 0.6 is 0 Å². The molecule has 1 unspecified atom stereocenters. The van der Waals surface area contributed by atoms with Crippen molar-refractivity contribution >= 4 is 11.5 Å². The summed E-state index contributed by atoms with van der Waals surface area (Å²) in [5.41, 5.74) is 0.696. The molecule has 0 saturated carbocycles. The minimum absolute atomic E-state index is 0.0436. The molecule has 1 saturated heterocycles. The molecule has 2 aromatic rings. The Morgan fingerprint density at radius 3 is 3.25 bits per heavy atom. The smallest absolute Gasteiger partial charge is 0.199 e. The average Bonchev–Trinajstić information content (AvgIpc) is 2.87. The van der Waals surface area contributed by atoms with Gasteiger partial charge in [-0.3, -0.25) is 4.98 Å². The van der Waals surface area contributed by atoms with Gasteiger partial charge in [-0.2, -0.15) is 4.52 Å². The number of nitrogens with zero attached hydrogens (tertiary/aromatic N) is 5. The Balaban J connectivity index is 1.96. The van der Waals surface area contributed by atoms with Crippen molar-refractivity contribution < 1.29 is 0 Å². The zero-order valence-corrected chi connectivity index (χ0v) is 9.01. The van der Waals surface area contributed by atoms with E-state index < -0.39 is 0 Å². The molecule has 1 atom stereocenters. The number of anilines is 1. The highest BCUT2D eigenvalue weighted by atomic mass is 15.5. The first-order valence-corrected chi connectivity index (χ1v) is 5.28. The summed E-state index contributed by atoms with van der Waals surface area (Å²) in [6, 6.07) is 0. The average molecular weight is 219 g/mol. The Labute approximate surface area is 92.3 Å². The second kappa shape index (κ2) is 3.38. The predicted octanol–water partition coefficient (Wildman–Crippen LogP) is -0.317. The van der Waals surface area contributed by atoms with Crippen LogP contribution in [0.15, 0.2) is 12.4 Å². The van der Waals surface area contributed by atoms with E-state index in [4.69, 9.17) is 0 Å². The number of fused-ring (bicyclic) bond motifs is 1. The molecule has 0 spiro atoms. The van der Waals surface area contributed by atoms with Crippen LogP contribution in [0, 0.1) is 0 Å². The molecule has 2 N–H and O–H groups in total. The largest absolute Gasteiger partial charge is 0.362 e. The molecule has 3 heterocycles. The maximum absolute atomic E-state index is 4.11. The predicted molar refractivity (Wildman–Crippen MR) is 58.1 cm³/mol. The van der Waals surface area contributed by atoms with Crippen LogP contribution in [0.25, 0.3) is 5.65 Å². The molecule has 1 aliphatic rings. The SMILES string of the molecule is CC1(Nc2cncc3nnnn23)CCNC1. The van der Waals surface area contributed by atoms with Crippen LogP contribution < -0.4 is 10.6 Å². The maximum Gasteiger partial charge on any atom is 0.199 e. The highest BCUT2D eigenvalue weighted by Crippen LogP contribution is 2.20. The van der Waals surface area contributed by atoms with E-state index in [0.29, 0.717) is 5.65 Å². The van der Waals surface area contributed by atoms with Crippen LogP contribution in [0.5, 0.6) is 0 Å². The van der Waals surface area contributed by atoms with E-state index in [9.17, 15) is 0 Å². The van der Waals surface area contributed by atoms with Gasteiger partial charge in [0.1, 0.15) is 0 Å². The summed E-state index contributed by atoms with van der Waals surface area (Å²) in [5.74, 6) is 0.828. The van der Waals surface area contributed by atoms with E-state index in [0.717, 1.165) is 25.3 Å². The van der Waals surface area contributed by atoms with Gasteiger partial charge in [0.25, 0.3) is 0 Å². The van der Waals surface area contributed by atoms with Crippen molar-refractivity contribution in [2.45, 2.75) is 18.9 Å². The van der Waals surface area contributed by atoms with Gasteiger partial charge < -0.3 is 10.6 Å². The monoisotopic (exact) mass is 219 g/mol. The standard InChI is InChI=1S/C9H13N7/c1-9(2-3-10-6-9)12-7-4-11-5-8-13-14-15-16(7)8/h4-5,10,12H,2-3,6H2,1H3. The van der Waals surface area contributed by atoms with Crippen LogP contribution in [0.3, 0.4) is 0 Å². The number of tetrazole rings is 1. The molecular weight excluding hydrogens is 206 g/mol. The van der Waals surface area contributed by atoms with E-state index in [1.807, 2.05) is 0 Å². The quantitative estimate of drug-likeness (QED) is 0.720. The highest BCUT2D eigenvalue weighted by Gasteiger charge is 2.29. The van der Waals surface area contributed by atoms with Crippen molar-refractivity contribution in [2.24, 2.45) is 0 Å². The Bertz CT molecular complexity index is 499. The van der Waals surface area contributed by atoms with Gasteiger partial charge in [0.2, 0.25) is 0 Å². The zero-order valence-electron chi connectivity index (χ0n) is 9.01. The number of hydrogen-bond donors (Lipinski definition) is 2. The number of nitrogens with one attached hydrogen (secondary N) is 2. The number of aromatic nitrogens is 5. The third-order valence-electron chi connectivity index (χ3n) is 2.91. The van der Waals surface area contributed by atoms with Crippen LogP contribution in [0.4, 0.5) is 5.82 Å². The molecule has 2 aromatic heterocycles. The zero-order chi connectivity index (χ0) is 11.0. The fourth-order valence-corrected chi connectivity index (χ4v) is 1.99. The van der Waals surface area contributed by atoms with E-state index in [1.165, 1.54) is 0 Å². The summed E-state index contributed by atoms with van der Waals surface area (Å²) >= 11 is 0. The van der Waals surface area contributed by atoms with E-state index >= 15 is 0 Å². The van der Waals surface area contributed by atoms with Crippen molar-refractivity contribution in [3.8, 4) is 0 Å². The second-order valence-corrected chi connectivity index (χ2v) is 4.35. The Morgan fingerprint density at radius 2 is 2.44 bits per heavy atom. The fourth-order valence-electron chi connectivity index (χ4n) is 1.99. The molecule has 1 aliphatic heterocycles. The molecule has 0 amide bonds. The summed E-state index contributed by atoms with van der Waals surface area (Å²) in [6.45, 7) is 4.14. The first kappa shape index (κ1) is 9.46. The molecule has 1 fully saturated rings. The highest BCUT2D eigenvalue weighted by molar-refractivity contribution is 5.45. The maximum atomic E-state index is 4.11. The van der Waals surface area contributed by atoms with Gasteiger partial charge in [0.15, 0.2) is 11.5 Å². The van der Waals surface area contributed by atoms with Crippen molar-refractivity contribution in [3.05, 3.63) is 12.4 Å². The van der Waals surface area contributed by atoms with Crippen LogP contribution in [0.2, 0.25) is 0 Å². The van der Waals surface area contributed by atoms with E-state index in [-0.39, 0.29) is 5.54 Å². The van der Waals surface area contributed by atoms with Crippen molar-refractivity contribution in [1.82, 2.24) is 30.3 Å². The van der Waals surface area contributed by atoms with Crippen LogP contribution in [-0.2, 0) is 0 Å². The molecule has 0 aromatic carbocycles. The lowest BCUT2D eigenvalue weighted by Gasteiger charge is -2.25. The van der Waals surface area contributed by atoms with Gasteiger partial charge in [0, 0.05) is 12.1 Å². The molecule has 0 radical (unpaired) electrons. The molecule has 84 valence electrons. The Hall–Kier alpha value is -1.76. The topological polar surface area (TPSA) is 80.0 Å². The van der Waals surface area contributed by atoms with Gasteiger partial charge in [-0.15, -0.1) is 5.10 Å². The fraction of sp³-hybridized carbons (Fsp3) is 0.556. The molecular formula is C9H13N7. The summed E-state index contributed by atoms with van der Waals surface area (Å²) < 4.78 is 1.66. The van der Waals surface area contributed by atoms with E-state index in [2.05, 4.69) is 38.1 Å². The molecule has 0 bridgehead atoms. The third-order valence-corrected chi connectivity index (χ3v) is 2.91. The van der Waals surface area contributed by atoms with Crippen molar-refractivity contribution in [1.29, 1.82) is 0 Å². The van der Waals surface area contributed by atoms with Crippen LogP contribution in [0.1, 0.15) is 13.3 Å². The number of hydrogen-bond acceptors (Lipinski definition) is 6. The van der Waals surface area contributed by atoms with Gasteiger partial charge >= 0.3 is 0 Å². The van der Waals surface area contributed by atoms with Crippen LogP contribution in [-0.4, -0.2) is 43.7 Å². The Kier molecular flexibility index (Phi) is 2.00. The summed E-state index contributed by atoms with van der Waals surface area (Å²) in [4.78, 5) is 4.11. The lowest BCUT2D eigenvalue weighted by molar-refractivity contribution is 0.560. The summed E-state index contributed by atoms with van der Waals surface area (Å²) in [6.07, 6.45) is 4.46. The van der Waals surface area contributed by atoms with Crippen molar-refractivity contribution in [2.75, 3.05) is 18.4 Å². The molecule has 16 heavy (non-hydrogen) atoms. The molecule has 0 aliphatic carbocycles. The van der Waals surface area contributed by atoms with Gasteiger partial charge in [-0.25, -0.2) is 0 Å². The molecule has 7 heteroatoms. The minimum atomic E-state index is 0.0436. The Morgan fingerprint density at radius 1 is 1.50 bits per heavy atom. The van der Waals surface area contributed by atoms with Gasteiger partial charge in [0.05, 0.1) is 12.4 Å². The van der Waals surface area contributed by atoms with E-state index in [1.54, 1.807) is 16.9 Å². The first-order chi connectivity index (χ1) is 7.77. The molecule has 7 nitrogen and oxygen atoms in total. The van der Waals surface area contributed by atoms with Gasteiger partial charge in [-0.05, 0) is 30.3 Å². The van der Waals surface area contributed by atoms with Gasteiger partial charge in [-0.1, -0.05) is 0 Å². The number of rotatable bonds is 2. The third kappa shape index (κ3) is 1.49. The lowest BCUT2D eigenvalue weighted by atomic mass is 10.0. The first-order valence-electron chi connectivity index (χ1n) is 5.28.